The molecule has 1 fully saturated rings. The molecular weight excluding hydrogens is 295 g/mol. The second kappa shape index (κ2) is 10.3. The Morgan fingerprint density at radius 2 is 2.05 bits per heavy atom. The number of hydrogen-bond acceptors (Lipinski definition) is 3. The van der Waals surface area contributed by atoms with Gasteiger partial charge in [0.25, 0.3) is 0 Å². The zero-order valence-corrected chi connectivity index (χ0v) is 13.8. The van der Waals surface area contributed by atoms with Gasteiger partial charge < -0.3 is 9.73 Å². The molecule has 1 N–H and O–H groups in total. The second-order valence-corrected chi connectivity index (χ2v) is 4.83. The van der Waals surface area contributed by atoms with Crippen LogP contribution in [0, 0.1) is 0 Å². The minimum Gasteiger partial charge on any atom is -0.464 e. The minimum absolute atomic E-state index is 0. The molecule has 1 saturated heterocycles. The standard InChI is InChI=1S/C15H24N2O.2ClH/c1-3-5-6-14(17-11-9-16-10-12-17)15-8-7-13(4-2)18-15;;/h3,7-8,14,16H,1,4-6,9-12H2,2H3;2*1H/t14-;;/m1../s1. The van der Waals surface area contributed by atoms with Crippen molar-refractivity contribution in [1.82, 2.24) is 10.2 Å². The monoisotopic (exact) mass is 320 g/mol. The Balaban J connectivity index is 0.00000180. The van der Waals surface area contributed by atoms with E-state index in [1.165, 1.54) is 0 Å². The highest BCUT2D eigenvalue weighted by Crippen LogP contribution is 2.28. The SMILES string of the molecule is C=CCC[C@H](c1ccc(CC)o1)N1CCNCC1.Cl.Cl. The van der Waals surface area contributed by atoms with E-state index in [-0.39, 0.29) is 24.8 Å². The first-order chi connectivity index (χ1) is 8.85. The van der Waals surface area contributed by atoms with Gasteiger partial charge in [-0.25, -0.2) is 0 Å². The summed E-state index contributed by atoms with van der Waals surface area (Å²) in [5.74, 6) is 2.21. The summed E-state index contributed by atoms with van der Waals surface area (Å²) < 4.78 is 5.95. The van der Waals surface area contributed by atoms with E-state index in [0.29, 0.717) is 6.04 Å². The van der Waals surface area contributed by atoms with Gasteiger partial charge in [0.2, 0.25) is 0 Å². The van der Waals surface area contributed by atoms with Gasteiger partial charge in [-0.1, -0.05) is 13.0 Å². The fraction of sp³-hybridized carbons (Fsp3) is 0.600. The molecule has 0 saturated carbocycles. The largest absolute Gasteiger partial charge is 0.464 e. The summed E-state index contributed by atoms with van der Waals surface area (Å²) >= 11 is 0. The van der Waals surface area contributed by atoms with Crippen molar-refractivity contribution < 1.29 is 4.42 Å². The average molecular weight is 321 g/mol. The van der Waals surface area contributed by atoms with Crippen molar-refractivity contribution in [3.63, 3.8) is 0 Å². The lowest BCUT2D eigenvalue weighted by molar-refractivity contribution is 0.146. The molecule has 2 rings (SSSR count). The Morgan fingerprint density at radius 1 is 1.35 bits per heavy atom. The van der Waals surface area contributed by atoms with Crippen molar-refractivity contribution in [2.75, 3.05) is 26.2 Å². The van der Waals surface area contributed by atoms with Gasteiger partial charge in [0.1, 0.15) is 11.5 Å². The van der Waals surface area contributed by atoms with Crippen molar-refractivity contribution in [2.24, 2.45) is 0 Å². The second-order valence-electron chi connectivity index (χ2n) is 4.83. The molecule has 1 aliphatic rings. The van der Waals surface area contributed by atoms with Crippen molar-refractivity contribution in [3.05, 3.63) is 36.3 Å². The molecule has 1 aromatic rings. The molecule has 1 atom stereocenters. The summed E-state index contributed by atoms with van der Waals surface area (Å²) in [5.41, 5.74) is 0. The first-order valence-corrected chi connectivity index (χ1v) is 6.99. The molecule has 0 aliphatic carbocycles. The number of furan rings is 1. The zero-order valence-electron chi connectivity index (χ0n) is 12.1. The van der Waals surface area contributed by atoms with E-state index >= 15 is 0 Å². The molecule has 2 heterocycles. The molecule has 5 heteroatoms. The molecular formula is C15H26Cl2N2O. The third-order valence-corrected chi connectivity index (χ3v) is 3.60. The van der Waals surface area contributed by atoms with Crippen LogP contribution in [0.3, 0.4) is 0 Å². The van der Waals surface area contributed by atoms with Gasteiger partial charge in [-0.05, 0) is 25.0 Å². The molecule has 0 bridgehead atoms. The molecule has 0 aromatic carbocycles. The number of halogens is 2. The van der Waals surface area contributed by atoms with Crippen LogP contribution in [0.25, 0.3) is 0 Å². The normalized spacial score (nSPS) is 16.9. The zero-order chi connectivity index (χ0) is 12.8. The summed E-state index contributed by atoms with van der Waals surface area (Å²) in [5, 5.41) is 3.40. The number of nitrogens with zero attached hydrogens (tertiary/aromatic N) is 1. The van der Waals surface area contributed by atoms with Crippen molar-refractivity contribution in [2.45, 2.75) is 32.2 Å². The maximum atomic E-state index is 5.95. The van der Waals surface area contributed by atoms with Gasteiger partial charge in [0.15, 0.2) is 0 Å². The molecule has 116 valence electrons. The van der Waals surface area contributed by atoms with Gasteiger partial charge in [0.05, 0.1) is 6.04 Å². The molecule has 0 radical (unpaired) electrons. The predicted octanol–water partition coefficient (Wildman–Crippen LogP) is 3.60. The van der Waals surface area contributed by atoms with Gasteiger partial charge in [-0.15, -0.1) is 31.4 Å². The van der Waals surface area contributed by atoms with E-state index in [9.17, 15) is 0 Å². The number of hydrogen-bond donors (Lipinski definition) is 1. The third-order valence-electron chi connectivity index (χ3n) is 3.60. The molecule has 0 amide bonds. The molecule has 0 unspecified atom stereocenters. The summed E-state index contributed by atoms with van der Waals surface area (Å²) in [6.07, 6.45) is 5.10. The van der Waals surface area contributed by atoms with E-state index in [1.807, 2.05) is 6.08 Å². The molecule has 1 aromatic heterocycles. The van der Waals surface area contributed by atoms with Crippen molar-refractivity contribution >= 4 is 24.8 Å². The Hall–Kier alpha value is -0.480. The van der Waals surface area contributed by atoms with Crippen LogP contribution in [0.2, 0.25) is 0 Å². The van der Waals surface area contributed by atoms with Crippen LogP contribution < -0.4 is 5.32 Å². The number of nitrogens with one attached hydrogen (secondary N) is 1. The van der Waals surface area contributed by atoms with E-state index in [4.69, 9.17) is 4.42 Å². The van der Waals surface area contributed by atoms with Gasteiger partial charge >= 0.3 is 0 Å². The average Bonchev–Trinajstić information content (AvgIpc) is 2.89. The Labute approximate surface area is 134 Å². The van der Waals surface area contributed by atoms with E-state index < -0.39 is 0 Å². The quantitative estimate of drug-likeness (QED) is 0.812. The Morgan fingerprint density at radius 3 is 2.60 bits per heavy atom. The van der Waals surface area contributed by atoms with Crippen molar-refractivity contribution in [1.29, 1.82) is 0 Å². The summed E-state index contributed by atoms with van der Waals surface area (Å²) in [6.45, 7) is 10.3. The highest BCUT2D eigenvalue weighted by Gasteiger charge is 2.23. The first-order valence-electron chi connectivity index (χ1n) is 6.99. The predicted molar refractivity (Wildman–Crippen MR) is 89.2 cm³/mol. The fourth-order valence-corrected chi connectivity index (χ4v) is 2.54. The van der Waals surface area contributed by atoms with Gasteiger partial charge in [0, 0.05) is 32.6 Å². The number of rotatable bonds is 6. The van der Waals surface area contributed by atoms with Crippen LogP contribution in [0.4, 0.5) is 0 Å². The topological polar surface area (TPSA) is 28.4 Å². The number of allylic oxidation sites excluding steroid dienone is 1. The molecule has 0 spiro atoms. The lowest BCUT2D eigenvalue weighted by Gasteiger charge is -2.33. The third kappa shape index (κ3) is 5.13. The maximum absolute atomic E-state index is 5.95. The number of aryl methyl sites for hydroxylation is 1. The summed E-state index contributed by atoms with van der Waals surface area (Å²) in [7, 11) is 0. The van der Waals surface area contributed by atoms with E-state index in [0.717, 1.165) is 57.0 Å². The Bertz CT molecular complexity index is 376. The minimum atomic E-state index is 0. The van der Waals surface area contributed by atoms with E-state index in [2.05, 4.69) is 35.9 Å². The fourth-order valence-electron chi connectivity index (χ4n) is 2.54. The lowest BCUT2D eigenvalue weighted by Crippen LogP contribution is -2.45. The number of piperazine rings is 1. The maximum Gasteiger partial charge on any atom is 0.121 e. The Kier molecular flexibility index (Phi) is 10.0. The van der Waals surface area contributed by atoms with Crippen LogP contribution in [-0.2, 0) is 6.42 Å². The highest BCUT2D eigenvalue weighted by atomic mass is 35.5. The van der Waals surface area contributed by atoms with E-state index in [1.54, 1.807) is 0 Å². The van der Waals surface area contributed by atoms with Crippen LogP contribution in [0.1, 0.15) is 37.3 Å². The van der Waals surface area contributed by atoms with Gasteiger partial charge in [-0.3, -0.25) is 4.90 Å². The van der Waals surface area contributed by atoms with Crippen molar-refractivity contribution in [3.8, 4) is 0 Å². The summed E-state index contributed by atoms with van der Waals surface area (Å²) in [6, 6.07) is 4.66. The van der Waals surface area contributed by atoms with Gasteiger partial charge in [-0.2, -0.15) is 0 Å². The van der Waals surface area contributed by atoms with Crippen LogP contribution in [0.15, 0.2) is 29.2 Å². The molecule has 3 nitrogen and oxygen atoms in total. The lowest BCUT2D eigenvalue weighted by atomic mass is 10.1. The van der Waals surface area contributed by atoms with Crippen LogP contribution >= 0.6 is 24.8 Å². The highest BCUT2D eigenvalue weighted by molar-refractivity contribution is 5.85. The molecule has 20 heavy (non-hydrogen) atoms. The summed E-state index contributed by atoms with van der Waals surface area (Å²) in [4.78, 5) is 2.53. The van der Waals surface area contributed by atoms with Crippen LogP contribution in [-0.4, -0.2) is 31.1 Å². The van der Waals surface area contributed by atoms with Crippen LogP contribution in [0.5, 0.6) is 0 Å². The molecule has 1 aliphatic heterocycles. The first kappa shape index (κ1) is 19.5. The smallest absolute Gasteiger partial charge is 0.121 e.